The standard InChI is InChI=1S/C14H23N/c1-5-11(3)12(4)15-14-10-8-7-9-13(14)6-2/h7-12,15H,5-6H2,1-4H3. The Morgan fingerprint density at radius 2 is 1.80 bits per heavy atom. The summed E-state index contributed by atoms with van der Waals surface area (Å²) in [6.45, 7) is 9.01. The van der Waals surface area contributed by atoms with Gasteiger partial charge in [-0.3, -0.25) is 0 Å². The fourth-order valence-corrected chi connectivity index (χ4v) is 1.71. The van der Waals surface area contributed by atoms with Crippen LogP contribution < -0.4 is 5.32 Å². The summed E-state index contributed by atoms with van der Waals surface area (Å²) in [5.74, 6) is 0.718. The number of para-hydroxylation sites is 1. The molecule has 0 aromatic heterocycles. The van der Waals surface area contributed by atoms with Crippen LogP contribution in [0.2, 0.25) is 0 Å². The smallest absolute Gasteiger partial charge is 0.0374 e. The van der Waals surface area contributed by atoms with Crippen molar-refractivity contribution in [2.75, 3.05) is 5.32 Å². The summed E-state index contributed by atoms with van der Waals surface area (Å²) >= 11 is 0. The minimum atomic E-state index is 0.544. The molecule has 15 heavy (non-hydrogen) atoms. The number of anilines is 1. The largest absolute Gasteiger partial charge is 0.382 e. The Balaban J connectivity index is 2.71. The fourth-order valence-electron chi connectivity index (χ4n) is 1.71. The maximum atomic E-state index is 3.61. The second kappa shape index (κ2) is 5.79. The van der Waals surface area contributed by atoms with Gasteiger partial charge in [-0.2, -0.15) is 0 Å². The van der Waals surface area contributed by atoms with Crippen LogP contribution in [0, 0.1) is 5.92 Å². The van der Waals surface area contributed by atoms with Gasteiger partial charge in [0.2, 0.25) is 0 Å². The Morgan fingerprint density at radius 3 is 2.40 bits per heavy atom. The van der Waals surface area contributed by atoms with E-state index >= 15 is 0 Å². The molecule has 0 aliphatic rings. The van der Waals surface area contributed by atoms with Crippen molar-refractivity contribution in [1.82, 2.24) is 0 Å². The van der Waals surface area contributed by atoms with Crippen LogP contribution in [-0.4, -0.2) is 6.04 Å². The van der Waals surface area contributed by atoms with E-state index in [4.69, 9.17) is 0 Å². The second-order valence-corrected chi connectivity index (χ2v) is 4.33. The zero-order valence-corrected chi connectivity index (χ0v) is 10.4. The maximum absolute atomic E-state index is 3.61. The van der Waals surface area contributed by atoms with E-state index in [0.717, 1.165) is 12.3 Å². The molecule has 84 valence electrons. The molecule has 0 spiro atoms. The van der Waals surface area contributed by atoms with Crippen LogP contribution in [-0.2, 0) is 6.42 Å². The van der Waals surface area contributed by atoms with E-state index in [1.165, 1.54) is 17.7 Å². The Hall–Kier alpha value is -0.980. The minimum absolute atomic E-state index is 0.544. The Bertz CT molecular complexity index is 293. The maximum Gasteiger partial charge on any atom is 0.0374 e. The lowest BCUT2D eigenvalue weighted by Gasteiger charge is -2.22. The van der Waals surface area contributed by atoms with Crippen molar-refractivity contribution in [2.45, 2.75) is 46.6 Å². The molecule has 1 aromatic carbocycles. The molecule has 2 unspecified atom stereocenters. The molecule has 1 nitrogen and oxygen atoms in total. The minimum Gasteiger partial charge on any atom is -0.382 e. The molecule has 0 amide bonds. The van der Waals surface area contributed by atoms with Gasteiger partial charge in [0.25, 0.3) is 0 Å². The van der Waals surface area contributed by atoms with Gasteiger partial charge >= 0.3 is 0 Å². The Labute approximate surface area is 93.9 Å². The first-order chi connectivity index (χ1) is 7.19. The third-order valence-corrected chi connectivity index (χ3v) is 3.28. The molecule has 1 rings (SSSR count). The highest BCUT2D eigenvalue weighted by Gasteiger charge is 2.10. The van der Waals surface area contributed by atoms with Crippen LogP contribution in [0.25, 0.3) is 0 Å². The molecular formula is C14H23N. The van der Waals surface area contributed by atoms with Gasteiger partial charge in [-0.1, -0.05) is 45.4 Å². The van der Waals surface area contributed by atoms with E-state index < -0.39 is 0 Å². The number of aryl methyl sites for hydroxylation is 1. The third kappa shape index (κ3) is 3.26. The molecule has 0 heterocycles. The average molecular weight is 205 g/mol. The van der Waals surface area contributed by atoms with Crippen molar-refractivity contribution < 1.29 is 0 Å². The van der Waals surface area contributed by atoms with Crippen LogP contribution in [0.3, 0.4) is 0 Å². The topological polar surface area (TPSA) is 12.0 Å². The van der Waals surface area contributed by atoms with Crippen molar-refractivity contribution in [3.05, 3.63) is 29.8 Å². The summed E-state index contributed by atoms with van der Waals surface area (Å²) in [5, 5.41) is 3.61. The zero-order chi connectivity index (χ0) is 11.3. The molecule has 1 heteroatoms. The van der Waals surface area contributed by atoms with Gasteiger partial charge < -0.3 is 5.32 Å². The predicted molar refractivity (Wildman–Crippen MR) is 68.4 cm³/mol. The lowest BCUT2D eigenvalue weighted by atomic mass is 10.00. The summed E-state index contributed by atoms with van der Waals surface area (Å²) in [4.78, 5) is 0. The van der Waals surface area contributed by atoms with Crippen LogP contribution in [0.5, 0.6) is 0 Å². The van der Waals surface area contributed by atoms with Crippen LogP contribution in [0.15, 0.2) is 24.3 Å². The number of hydrogen-bond donors (Lipinski definition) is 1. The van der Waals surface area contributed by atoms with Gasteiger partial charge in [0, 0.05) is 11.7 Å². The van der Waals surface area contributed by atoms with Gasteiger partial charge in [0.05, 0.1) is 0 Å². The number of benzene rings is 1. The summed E-state index contributed by atoms with van der Waals surface area (Å²) in [7, 11) is 0. The molecule has 1 N–H and O–H groups in total. The van der Waals surface area contributed by atoms with Crippen LogP contribution >= 0.6 is 0 Å². The van der Waals surface area contributed by atoms with Crippen LogP contribution in [0.1, 0.15) is 39.7 Å². The Kier molecular flexibility index (Phi) is 4.67. The van der Waals surface area contributed by atoms with Gasteiger partial charge in [-0.05, 0) is 30.9 Å². The first kappa shape index (κ1) is 12.1. The molecule has 0 aliphatic heterocycles. The lowest BCUT2D eigenvalue weighted by Crippen LogP contribution is -2.23. The highest BCUT2D eigenvalue weighted by Crippen LogP contribution is 2.19. The third-order valence-electron chi connectivity index (χ3n) is 3.28. The molecule has 0 fully saturated rings. The summed E-state index contributed by atoms with van der Waals surface area (Å²) in [5.41, 5.74) is 2.71. The van der Waals surface area contributed by atoms with Gasteiger partial charge in [-0.25, -0.2) is 0 Å². The molecule has 0 saturated heterocycles. The van der Waals surface area contributed by atoms with Crippen molar-refractivity contribution >= 4 is 5.69 Å². The summed E-state index contributed by atoms with van der Waals surface area (Å²) < 4.78 is 0. The highest BCUT2D eigenvalue weighted by atomic mass is 14.9. The first-order valence-corrected chi connectivity index (χ1v) is 6.03. The van der Waals surface area contributed by atoms with E-state index in [-0.39, 0.29) is 0 Å². The summed E-state index contributed by atoms with van der Waals surface area (Å²) in [6, 6.07) is 9.13. The van der Waals surface area contributed by atoms with Gasteiger partial charge in [-0.15, -0.1) is 0 Å². The SMILES string of the molecule is CCc1ccccc1NC(C)C(C)CC. The van der Waals surface area contributed by atoms with E-state index in [9.17, 15) is 0 Å². The average Bonchev–Trinajstić information content (AvgIpc) is 2.28. The van der Waals surface area contributed by atoms with Crippen molar-refractivity contribution in [3.63, 3.8) is 0 Å². The predicted octanol–water partition coefficient (Wildman–Crippen LogP) is 4.10. The van der Waals surface area contributed by atoms with E-state index in [0.29, 0.717) is 6.04 Å². The van der Waals surface area contributed by atoms with Crippen molar-refractivity contribution in [2.24, 2.45) is 5.92 Å². The highest BCUT2D eigenvalue weighted by molar-refractivity contribution is 5.51. The van der Waals surface area contributed by atoms with E-state index in [2.05, 4.69) is 57.3 Å². The molecule has 1 aromatic rings. The van der Waals surface area contributed by atoms with E-state index in [1.54, 1.807) is 0 Å². The second-order valence-electron chi connectivity index (χ2n) is 4.33. The Morgan fingerprint density at radius 1 is 1.13 bits per heavy atom. The molecule has 0 saturated carbocycles. The zero-order valence-electron chi connectivity index (χ0n) is 10.4. The normalized spacial score (nSPS) is 14.7. The number of hydrogen-bond acceptors (Lipinski definition) is 1. The number of nitrogens with one attached hydrogen (secondary N) is 1. The lowest BCUT2D eigenvalue weighted by molar-refractivity contribution is 0.494. The summed E-state index contributed by atoms with van der Waals surface area (Å²) in [6.07, 6.45) is 2.32. The van der Waals surface area contributed by atoms with Crippen LogP contribution in [0.4, 0.5) is 5.69 Å². The van der Waals surface area contributed by atoms with Gasteiger partial charge in [0.15, 0.2) is 0 Å². The van der Waals surface area contributed by atoms with Gasteiger partial charge in [0.1, 0.15) is 0 Å². The molecule has 2 atom stereocenters. The first-order valence-electron chi connectivity index (χ1n) is 6.03. The monoisotopic (exact) mass is 205 g/mol. The molecular weight excluding hydrogens is 182 g/mol. The molecule has 0 radical (unpaired) electrons. The fraction of sp³-hybridized carbons (Fsp3) is 0.571. The molecule has 0 bridgehead atoms. The van der Waals surface area contributed by atoms with Crippen molar-refractivity contribution in [1.29, 1.82) is 0 Å². The number of rotatable bonds is 5. The quantitative estimate of drug-likeness (QED) is 0.763. The van der Waals surface area contributed by atoms with Crippen molar-refractivity contribution in [3.8, 4) is 0 Å². The molecule has 0 aliphatic carbocycles. The van der Waals surface area contributed by atoms with E-state index in [1.807, 2.05) is 0 Å².